The van der Waals surface area contributed by atoms with Crippen molar-refractivity contribution < 1.29 is 19.8 Å². The summed E-state index contributed by atoms with van der Waals surface area (Å²) < 4.78 is 0. The van der Waals surface area contributed by atoms with Crippen LogP contribution >= 0.6 is 0 Å². The van der Waals surface area contributed by atoms with Gasteiger partial charge in [-0.05, 0) is 29.8 Å². The van der Waals surface area contributed by atoms with E-state index >= 15 is 0 Å². The number of rotatable bonds is 3. The van der Waals surface area contributed by atoms with Crippen LogP contribution in [0, 0.1) is 0 Å². The van der Waals surface area contributed by atoms with Crippen LogP contribution in [0.25, 0.3) is 0 Å². The molecule has 112 valence electrons. The number of nitrogens with one attached hydrogen (secondary N) is 1. The van der Waals surface area contributed by atoms with Crippen LogP contribution in [0.1, 0.15) is 26.3 Å². The third kappa shape index (κ3) is 2.51. The fourth-order valence-corrected chi connectivity index (χ4v) is 2.49. The van der Waals surface area contributed by atoms with Gasteiger partial charge in [-0.1, -0.05) is 24.3 Å². The summed E-state index contributed by atoms with van der Waals surface area (Å²) in [6.45, 7) is 0.277. The first-order valence-corrected chi connectivity index (χ1v) is 6.73. The lowest BCUT2D eigenvalue weighted by Gasteiger charge is -2.35. The van der Waals surface area contributed by atoms with Crippen molar-refractivity contribution in [3.63, 3.8) is 0 Å². The van der Waals surface area contributed by atoms with E-state index in [-0.39, 0.29) is 18.0 Å². The number of nitrogens with zero attached hydrogens (tertiary/aromatic N) is 1. The zero-order chi connectivity index (χ0) is 15.7. The molecule has 1 unspecified atom stereocenters. The molecule has 0 spiro atoms. The average molecular weight is 298 g/mol. The van der Waals surface area contributed by atoms with Crippen LogP contribution in [0.2, 0.25) is 0 Å². The van der Waals surface area contributed by atoms with Gasteiger partial charge in [0, 0.05) is 6.54 Å². The SMILES string of the molecule is O=C(O)c1cccc(CN2c3ccccc3C(=O)NC2O)c1. The largest absolute Gasteiger partial charge is 0.478 e. The molecule has 0 radical (unpaired) electrons. The van der Waals surface area contributed by atoms with E-state index in [1.807, 2.05) is 0 Å². The highest BCUT2D eigenvalue weighted by molar-refractivity contribution is 6.01. The molecule has 1 heterocycles. The summed E-state index contributed by atoms with van der Waals surface area (Å²) in [5.74, 6) is -1.34. The smallest absolute Gasteiger partial charge is 0.335 e. The van der Waals surface area contributed by atoms with Gasteiger partial charge in [0.1, 0.15) is 0 Å². The second kappa shape index (κ2) is 5.50. The maximum absolute atomic E-state index is 11.9. The Morgan fingerprint density at radius 1 is 1.18 bits per heavy atom. The molecule has 3 rings (SSSR count). The van der Waals surface area contributed by atoms with E-state index in [2.05, 4.69) is 5.32 Å². The van der Waals surface area contributed by atoms with Crippen molar-refractivity contribution in [1.82, 2.24) is 5.32 Å². The Hall–Kier alpha value is -2.86. The Morgan fingerprint density at radius 2 is 1.95 bits per heavy atom. The Balaban J connectivity index is 1.95. The van der Waals surface area contributed by atoms with Crippen molar-refractivity contribution in [3.8, 4) is 0 Å². The van der Waals surface area contributed by atoms with Gasteiger partial charge in [-0.2, -0.15) is 0 Å². The molecule has 0 fully saturated rings. The average Bonchev–Trinajstić information content (AvgIpc) is 2.52. The van der Waals surface area contributed by atoms with E-state index in [9.17, 15) is 14.7 Å². The molecular formula is C16H14N2O4. The van der Waals surface area contributed by atoms with Gasteiger partial charge < -0.3 is 20.4 Å². The normalized spacial score (nSPS) is 16.9. The highest BCUT2D eigenvalue weighted by Crippen LogP contribution is 2.27. The number of anilines is 1. The number of aliphatic hydroxyl groups is 1. The van der Waals surface area contributed by atoms with Crippen LogP contribution < -0.4 is 10.2 Å². The quantitative estimate of drug-likeness (QED) is 0.797. The molecule has 6 heteroatoms. The molecule has 0 aliphatic carbocycles. The van der Waals surface area contributed by atoms with Crippen LogP contribution in [0.5, 0.6) is 0 Å². The number of carbonyl (C=O) groups is 2. The van der Waals surface area contributed by atoms with Gasteiger partial charge in [-0.15, -0.1) is 0 Å². The standard InChI is InChI=1S/C16H14N2O4/c19-14-12-6-1-2-7-13(12)18(16(22)17-14)9-10-4-3-5-11(8-10)15(20)21/h1-8,16,22H,9H2,(H,17,19)(H,20,21). The minimum absolute atomic E-state index is 0.182. The molecule has 0 aromatic heterocycles. The second-order valence-corrected chi connectivity index (χ2v) is 5.00. The molecule has 2 aromatic carbocycles. The van der Waals surface area contributed by atoms with Crippen LogP contribution in [0.15, 0.2) is 48.5 Å². The molecular weight excluding hydrogens is 284 g/mol. The number of benzene rings is 2. The number of carboxylic acids is 1. The molecule has 0 saturated carbocycles. The lowest BCUT2D eigenvalue weighted by Crippen LogP contribution is -2.52. The van der Waals surface area contributed by atoms with E-state index in [0.29, 0.717) is 11.3 Å². The number of aliphatic hydroxyl groups excluding tert-OH is 1. The molecule has 3 N–H and O–H groups in total. The molecule has 0 bridgehead atoms. The molecule has 22 heavy (non-hydrogen) atoms. The maximum Gasteiger partial charge on any atom is 0.335 e. The van der Waals surface area contributed by atoms with Gasteiger partial charge in [0.05, 0.1) is 16.8 Å². The Labute approximate surface area is 126 Å². The van der Waals surface area contributed by atoms with Crippen molar-refractivity contribution in [2.75, 3.05) is 4.90 Å². The van der Waals surface area contributed by atoms with E-state index in [4.69, 9.17) is 5.11 Å². The first-order valence-electron chi connectivity index (χ1n) is 6.73. The van der Waals surface area contributed by atoms with Crippen molar-refractivity contribution in [1.29, 1.82) is 0 Å². The van der Waals surface area contributed by atoms with Crippen molar-refractivity contribution in [3.05, 3.63) is 65.2 Å². The molecule has 0 saturated heterocycles. The predicted molar refractivity (Wildman–Crippen MR) is 79.5 cm³/mol. The summed E-state index contributed by atoms with van der Waals surface area (Å²) in [6, 6.07) is 13.4. The van der Waals surface area contributed by atoms with Gasteiger partial charge in [-0.3, -0.25) is 4.79 Å². The number of aromatic carboxylic acids is 1. The summed E-state index contributed by atoms with van der Waals surface area (Å²) >= 11 is 0. The van der Waals surface area contributed by atoms with Gasteiger partial charge in [0.25, 0.3) is 5.91 Å². The molecule has 6 nitrogen and oxygen atoms in total. The minimum Gasteiger partial charge on any atom is -0.478 e. The summed E-state index contributed by atoms with van der Waals surface area (Å²) in [4.78, 5) is 24.5. The fraction of sp³-hybridized carbons (Fsp3) is 0.125. The number of hydrogen-bond donors (Lipinski definition) is 3. The second-order valence-electron chi connectivity index (χ2n) is 5.00. The molecule has 2 aromatic rings. The Bertz CT molecular complexity index is 744. The topological polar surface area (TPSA) is 89.9 Å². The van der Waals surface area contributed by atoms with E-state index in [1.54, 1.807) is 47.4 Å². The van der Waals surface area contributed by atoms with Crippen LogP contribution in [-0.2, 0) is 6.54 Å². The fourth-order valence-electron chi connectivity index (χ4n) is 2.49. The van der Waals surface area contributed by atoms with Gasteiger partial charge >= 0.3 is 5.97 Å². The molecule has 1 amide bonds. The third-order valence-electron chi connectivity index (χ3n) is 3.54. The van der Waals surface area contributed by atoms with Gasteiger partial charge in [0.2, 0.25) is 6.35 Å². The number of fused-ring (bicyclic) bond motifs is 1. The van der Waals surface area contributed by atoms with Crippen molar-refractivity contribution >= 4 is 17.6 Å². The monoisotopic (exact) mass is 298 g/mol. The summed E-state index contributed by atoms with van der Waals surface area (Å²) in [5.41, 5.74) is 1.99. The van der Waals surface area contributed by atoms with Crippen molar-refractivity contribution in [2.24, 2.45) is 0 Å². The lowest BCUT2D eigenvalue weighted by atomic mass is 10.1. The summed E-state index contributed by atoms with van der Waals surface area (Å²) in [6.07, 6.45) is -1.16. The Morgan fingerprint density at radius 3 is 2.73 bits per heavy atom. The molecule has 1 aliphatic rings. The number of carbonyl (C=O) groups excluding carboxylic acids is 1. The molecule has 1 atom stereocenters. The van der Waals surface area contributed by atoms with E-state index < -0.39 is 12.3 Å². The number of para-hydroxylation sites is 1. The number of amides is 1. The van der Waals surface area contributed by atoms with Crippen LogP contribution in [0.3, 0.4) is 0 Å². The highest BCUT2D eigenvalue weighted by atomic mass is 16.4. The minimum atomic E-state index is -1.16. The third-order valence-corrected chi connectivity index (χ3v) is 3.54. The predicted octanol–water partition coefficient (Wildman–Crippen LogP) is 1.41. The van der Waals surface area contributed by atoms with E-state index in [1.165, 1.54) is 6.07 Å². The van der Waals surface area contributed by atoms with Gasteiger partial charge in [0.15, 0.2) is 0 Å². The highest BCUT2D eigenvalue weighted by Gasteiger charge is 2.28. The van der Waals surface area contributed by atoms with Crippen LogP contribution in [0.4, 0.5) is 5.69 Å². The zero-order valence-corrected chi connectivity index (χ0v) is 11.6. The van der Waals surface area contributed by atoms with Crippen LogP contribution in [-0.4, -0.2) is 28.4 Å². The molecule has 1 aliphatic heterocycles. The first kappa shape index (κ1) is 14.1. The summed E-state index contributed by atoms with van der Waals surface area (Å²) in [5, 5.41) is 21.6. The number of hydrogen-bond acceptors (Lipinski definition) is 4. The zero-order valence-electron chi connectivity index (χ0n) is 11.6. The summed E-state index contributed by atoms with van der Waals surface area (Å²) in [7, 11) is 0. The van der Waals surface area contributed by atoms with E-state index in [0.717, 1.165) is 5.56 Å². The number of carboxylic acid groups (broad SMARTS) is 1. The Kier molecular flexibility index (Phi) is 3.52. The lowest BCUT2D eigenvalue weighted by molar-refractivity contribution is 0.0695. The first-order chi connectivity index (χ1) is 10.6. The van der Waals surface area contributed by atoms with Crippen molar-refractivity contribution in [2.45, 2.75) is 12.9 Å². The maximum atomic E-state index is 11.9. The van der Waals surface area contributed by atoms with Gasteiger partial charge in [-0.25, -0.2) is 4.79 Å².